The third-order valence-electron chi connectivity index (χ3n) is 4.98. The summed E-state index contributed by atoms with van der Waals surface area (Å²) >= 11 is 1.52. The standard InChI is InChI=1S/C15H25N3S/c1-2-6-10-15(9-5-1,14-13-19-17-16-14)18-11-7-3-4-8-12-18/h13H,1-12H2. The molecule has 0 radical (unpaired) electrons. The van der Waals surface area contributed by atoms with Gasteiger partial charge in [-0.3, -0.25) is 4.90 Å². The van der Waals surface area contributed by atoms with E-state index in [1.54, 1.807) is 0 Å². The van der Waals surface area contributed by atoms with E-state index in [1.807, 2.05) is 0 Å². The molecule has 3 nitrogen and oxygen atoms in total. The Morgan fingerprint density at radius 1 is 0.895 bits per heavy atom. The molecule has 2 fully saturated rings. The fourth-order valence-corrected chi connectivity index (χ4v) is 4.46. The van der Waals surface area contributed by atoms with Crippen LogP contribution in [0.4, 0.5) is 0 Å². The maximum atomic E-state index is 4.49. The normalized spacial score (nSPS) is 25.7. The first-order valence-corrected chi connectivity index (χ1v) is 8.78. The van der Waals surface area contributed by atoms with Crippen LogP contribution in [0, 0.1) is 0 Å². The first-order valence-electron chi connectivity index (χ1n) is 7.94. The van der Waals surface area contributed by atoms with Gasteiger partial charge >= 0.3 is 0 Å². The predicted molar refractivity (Wildman–Crippen MR) is 79.3 cm³/mol. The van der Waals surface area contributed by atoms with Gasteiger partial charge < -0.3 is 0 Å². The average Bonchev–Trinajstić information content (AvgIpc) is 2.70. The lowest BCUT2D eigenvalue weighted by molar-refractivity contribution is 0.0676. The van der Waals surface area contributed by atoms with E-state index in [0.717, 1.165) is 0 Å². The van der Waals surface area contributed by atoms with Gasteiger partial charge in [0.2, 0.25) is 0 Å². The SMILES string of the molecule is c1snnc1C1(N2CCCCCC2)CCCCCC1. The van der Waals surface area contributed by atoms with E-state index < -0.39 is 0 Å². The van der Waals surface area contributed by atoms with Crippen molar-refractivity contribution in [2.45, 2.75) is 69.7 Å². The summed E-state index contributed by atoms with van der Waals surface area (Å²) in [6.45, 7) is 2.52. The van der Waals surface area contributed by atoms with Crippen molar-refractivity contribution in [2.24, 2.45) is 0 Å². The van der Waals surface area contributed by atoms with Gasteiger partial charge in [0.25, 0.3) is 0 Å². The van der Waals surface area contributed by atoms with Crippen molar-refractivity contribution in [1.29, 1.82) is 0 Å². The summed E-state index contributed by atoms with van der Waals surface area (Å²) in [7, 11) is 0. The second-order valence-corrected chi connectivity index (χ2v) is 6.75. The molecule has 1 saturated carbocycles. The first-order chi connectivity index (χ1) is 9.42. The van der Waals surface area contributed by atoms with Crippen LogP contribution in [0.1, 0.15) is 69.9 Å². The van der Waals surface area contributed by atoms with Crippen LogP contribution in [0.3, 0.4) is 0 Å². The molecule has 19 heavy (non-hydrogen) atoms. The summed E-state index contributed by atoms with van der Waals surface area (Å²) in [4.78, 5) is 2.77. The second-order valence-electron chi connectivity index (χ2n) is 6.14. The van der Waals surface area contributed by atoms with Crippen molar-refractivity contribution in [3.05, 3.63) is 11.1 Å². The van der Waals surface area contributed by atoms with Crippen molar-refractivity contribution in [1.82, 2.24) is 14.5 Å². The number of hydrogen-bond acceptors (Lipinski definition) is 4. The zero-order valence-corrected chi connectivity index (χ0v) is 12.6. The van der Waals surface area contributed by atoms with Crippen molar-refractivity contribution in [2.75, 3.05) is 13.1 Å². The quantitative estimate of drug-likeness (QED) is 0.767. The topological polar surface area (TPSA) is 29.0 Å². The largest absolute Gasteiger partial charge is 0.292 e. The van der Waals surface area contributed by atoms with Gasteiger partial charge in [-0.2, -0.15) is 0 Å². The summed E-state index contributed by atoms with van der Waals surface area (Å²) in [5.74, 6) is 0. The minimum Gasteiger partial charge on any atom is -0.292 e. The van der Waals surface area contributed by atoms with E-state index in [-0.39, 0.29) is 5.54 Å². The molecule has 0 spiro atoms. The fourth-order valence-electron chi connectivity index (χ4n) is 3.91. The van der Waals surface area contributed by atoms with Crippen molar-refractivity contribution in [3.8, 4) is 0 Å². The molecule has 2 aliphatic rings. The van der Waals surface area contributed by atoms with Crippen LogP contribution in [0.5, 0.6) is 0 Å². The Hall–Kier alpha value is -0.480. The molecule has 0 atom stereocenters. The maximum Gasteiger partial charge on any atom is 0.0958 e. The van der Waals surface area contributed by atoms with E-state index in [4.69, 9.17) is 0 Å². The second kappa shape index (κ2) is 6.31. The number of rotatable bonds is 2. The van der Waals surface area contributed by atoms with Gasteiger partial charge in [-0.05, 0) is 50.3 Å². The minimum absolute atomic E-state index is 0.216. The molecule has 0 unspecified atom stereocenters. The number of hydrogen-bond donors (Lipinski definition) is 0. The van der Waals surface area contributed by atoms with E-state index >= 15 is 0 Å². The molecular weight excluding hydrogens is 254 g/mol. The maximum absolute atomic E-state index is 4.49. The number of aromatic nitrogens is 2. The first kappa shape index (κ1) is 13.5. The highest BCUT2D eigenvalue weighted by Crippen LogP contribution is 2.41. The lowest BCUT2D eigenvalue weighted by Gasteiger charge is -2.42. The monoisotopic (exact) mass is 279 g/mol. The molecule has 1 aliphatic carbocycles. The summed E-state index contributed by atoms with van der Waals surface area (Å²) in [5.41, 5.74) is 1.48. The fraction of sp³-hybridized carbons (Fsp3) is 0.867. The third-order valence-corrected chi connectivity index (χ3v) is 5.48. The van der Waals surface area contributed by atoms with Gasteiger partial charge in [0, 0.05) is 5.38 Å². The van der Waals surface area contributed by atoms with E-state index in [9.17, 15) is 0 Å². The highest BCUT2D eigenvalue weighted by Gasteiger charge is 2.40. The molecule has 0 aromatic carbocycles. The molecule has 3 rings (SSSR count). The number of likely N-dealkylation sites (tertiary alicyclic amines) is 1. The molecule has 106 valence electrons. The Labute approximate surface area is 120 Å². The van der Waals surface area contributed by atoms with Gasteiger partial charge in [-0.25, -0.2) is 0 Å². The van der Waals surface area contributed by atoms with E-state index in [0.29, 0.717) is 0 Å². The van der Waals surface area contributed by atoms with Crippen LogP contribution in [0.15, 0.2) is 5.38 Å². The Morgan fingerprint density at radius 3 is 2.11 bits per heavy atom. The van der Waals surface area contributed by atoms with Gasteiger partial charge in [-0.15, -0.1) is 5.10 Å². The lowest BCUT2D eigenvalue weighted by Crippen LogP contribution is -2.46. The van der Waals surface area contributed by atoms with Crippen LogP contribution >= 0.6 is 11.5 Å². The predicted octanol–water partition coefficient (Wildman–Crippen LogP) is 3.96. The van der Waals surface area contributed by atoms with Crippen LogP contribution in [0.2, 0.25) is 0 Å². The Kier molecular flexibility index (Phi) is 4.49. The van der Waals surface area contributed by atoms with Gasteiger partial charge in [0.15, 0.2) is 0 Å². The summed E-state index contributed by atoms with van der Waals surface area (Å²) in [5, 5.41) is 6.69. The van der Waals surface area contributed by atoms with Crippen molar-refractivity contribution < 1.29 is 0 Å². The summed E-state index contributed by atoms with van der Waals surface area (Å²) in [6, 6.07) is 0. The van der Waals surface area contributed by atoms with Crippen molar-refractivity contribution in [3.63, 3.8) is 0 Å². The van der Waals surface area contributed by atoms with Gasteiger partial charge in [-0.1, -0.05) is 43.0 Å². The molecule has 1 saturated heterocycles. The van der Waals surface area contributed by atoms with E-state index in [2.05, 4.69) is 19.9 Å². The molecule has 0 N–H and O–H groups in total. The highest BCUT2D eigenvalue weighted by molar-refractivity contribution is 7.03. The van der Waals surface area contributed by atoms with Crippen LogP contribution in [-0.4, -0.2) is 27.6 Å². The minimum atomic E-state index is 0.216. The van der Waals surface area contributed by atoms with Crippen LogP contribution in [0.25, 0.3) is 0 Å². The number of nitrogens with zero attached hydrogens (tertiary/aromatic N) is 3. The smallest absolute Gasteiger partial charge is 0.0958 e. The van der Waals surface area contributed by atoms with Crippen molar-refractivity contribution >= 4 is 11.5 Å². The lowest BCUT2D eigenvalue weighted by atomic mass is 9.85. The molecule has 1 aromatic rings. The molecule has 2 heterocycles. The Morgan fingerprint density at radius 2 is 1.53 bits per heavy atom. The van der Waals surface area contributed by atoms with Crippen LogP contribution in [-0.2, 0) is 5.54 Å². The molecule has 0 bridgehead atoms. The molecule has 1 aromatic heterocycles. The highest BCUT2D eigenvalue weighted by atomic mass is 32.1. The Bertz CT molecular complexity index is 361. The van der Waals surface area contributed by atoms with Gasteiger partial charge in [0.1, 0.15) is 0 Å². The summed E-state index contributed by atoms with van der Waals surface area (Å²) in [6.07, 6.45) is 13.6. The molecular formula is C15H25N3S. The summed E-state index contributed by atoms with van der Waals surface area (Å²) < 4.78 is 4.16. The molecule has 1 aliphatic heterocycles. The van der Waals surface area contributed by atoms with E-state index in [1.165, 1.54) is 94.5 Å². The van der Waals surface area contributed by atoms with Gasteiger partial charge in [0.05, 0.1) is 11.2 Å². The third kappa shape index (κ3) is 2.84. The van der Waals surface area contributed by atoms with Crippen LogP contribution < -0.4 is 0 Å². The zero-order chi connectivity index (χ0) is 13.0. The molecule has 0 amide bonds. The Balaban J connectivity index is 1.90. The average molecular weight is 279 g/mol. The zero-order valence-electron chi connectivity index (χ0n) is 11.8. The molecule has 4 heteroatoms.